The summed E-state index contributed by atoms with van der Waals surface area (Å²) in [6.45, 7) is 7.90. The fraction of sp³-hybridized carbons (Fsp3) is 0.647. The second-order valence-electron chi connectivity index (χ2n) is 13.2. The Balaban J connectivity index is 1.33. The molecule has 0 amide bonds. The third-order valence-corrected chi connectivity index (χ3v) is 12.3. The van der Waals surface area contributed by atoms with Gasteiger partial charge in [0, 0.05) is 5.41 Å². The molecule has 0 aliphatic heterocycles. The molecule has 0 heterocycles. The van der Waals surface area contributed by atoms with Crippen molar-refractivity contribution in [2.24, 2.45) is 40.4 Å². The highest BCUT2D eigenvalue weighted by molar-refractivity contribution is 5.45. The van der Waals surface area contributed by atoms with Crippen LogP contribution in [0.2, 0.25) is 0 Å². The fourth-order valence-electron chi connectivity index (χ4n) is 10.4. The van der Waals surface area contributed by atoms with E-state index >= 15 is 0 Å². The normalized spacial score (nSPS) is 45.6. The van der Waals surface area contributed by atoms with Crippen LogP contribution >= 0.6 is 0 Å². The molecule has 0 N–H and O–H groups in total. The number of benzene rings is 1. The van der Waals surface area contributed by atoms with Gasteiger partial charge >= 0.3 is 0 Å². The van der Waals surface area contributed by atoms with Gasteiger partial charge in [-0.25, -0.2) is 0 Å². The van der Waals surface area contributed by atoms with Crippen LogP contribution in [0.1, 0.15) is 97.0 Å². The summed E-state index contributed by atoms with van der Waals surface area (Å²) in [6, 6.07) is 11.6. The topological polar surface area (TPSA) is 0 Å². The number of hydrogen-bond acceptors (Lipinski definition) is 0. The molecule has 6 rings (SSSR count). The summed E-state index contributed by atoms with van der Waals surface area (Å²) >= 11 is 0. The molecule has 8 atom stereocenters. The van der Waals surface area contributed by atoms with Crippen molar-refractivity contribution in [1.82, 2.24) is 0 Å². The Kier molecular flexibility index (Phi) is 5.74. The first-order chi connectivity index (χ1) is 16.5. The van der Waals surface area contributed by atoms with E-state index in [1.54, 1.807) is 11.1 Å². The first kappa shape index (κ1) is 22.9. The number of fused-ring (bicyclic) bond motifs is 5. The summed E-state index contributed by atoms with van der Waals surface area (Å²) in [5.74, 6) is 4.82. The van der Waals surface area contributed by atoms with Crippen molar-refractivity contribution in [3.63, 3.8) is 0 Å². The van der Waals surface area contributed by atoms with Gasteiger partial charge in [0.15, 0.2) is 0 Å². The van der Waals surface area contributed by atoms with E-state index in [2.05, 4.69) is 81.5 Å². The van der Waals surface area contributed by atoms with Gasteiger partial charge < -0.3 is 0 Å². The fourth-order valence-corrected chi connectivity index (χ4v) is 10.4. The van der Waals surface area contributed by atoms with E-state index in [0.29, 0.717) is 10.8 Å². The van der Waals surface area contributed by atoms with Crippen LogP contribution in [-0.2, 0) is 5.41 Å². The minimum atomic E-state index is 0.188. The molecular formula is C34H46. The van der Waals surface area contributed by atoms with Crippen LogP contribution in [0.4, 0.5) is 0 Å². The summed E-state index contributed by atoms with van der Waals surface area (Å²) in [5.41, 5.74) is 4.49. The molecule has 5 aliphatic carbocycles. The van der Waals surface area contributed by atoms with Gasteiger partial charge in [0.25, 0.3) is 0 Å². The lowest BCUT2D eigenvalue weighted by molar-refractivity contribution is -0.119. The van der Waals surface area contributed by atoms with Gasteiger partial charge in [-0.05, 0) is 116 Å². The van der Waals surface area contributed by atoms with E-state index in [1.807, 2.05) is 0 Å². The lowest BCUT2D eigenvalue weighted by Gasteiger charge is -2.63. The van der Waals surface area contributed by atoms with Crippen molar-refractivity contribution < 1.29 is 0 Å². The van der Waals surface area contributed by atoms with Gasteiger partial charge in [0.1, 0.15) is 0 Å². The summed E-state index contributed by atoms with van der Waals surface area (Å²) in [5, 5.41) is 0. The molecule has 182 valence electrons. The van der Waals surface area contributed by atoms with Crippen molar-refractivity contribution >= 4 is 0 Å². The summed E-state index contributed by atoms with van der Waals surface area (Å²) in [4.78, 5) is 0. The second kappa shape index (κ2) is 8.53. The molecular weight excluding hydrogens is 408 g/mol. The summed E-state index contributed by atoms with van der Waals surface area (Å²) in [6.07, 6.45) is 27.5. The number of allylic oxidation sites excluding steroid dienone is 6. The Bertz CT molecular complexity index is 981. The highest BCUT2D eigenvalue weighted by atomic mass is 14.7. The average Bonchev–Trinajstić information content (AvgIpc) is 3.01. The Morgan fingerprint density at radius 3 is 2.47 bits per heavy atom. The van der Waals surface area contributed by atoms with E-state index in [9.17, 15) is 0 Å². The van der Waals surface area contributed by atoms with E-state index in [0.717, 1.165) is 36.0 Å². The third kappa shape index (κ3) is 3.30. The molecule has 1 aromatic carbocycles. The number of rotatable bonds is 3. The zero-order valence-corrected chi connectivity index (χ0v) is 21.9. The van der Waals surface area contributed by atoms with Crippen LogP contribution < -0.4 is 0 Å². The minimum Gasteiger partial charge on any atom is -0.0807 e. The van der Waals surface area contributed by atoms with Crippen molar-refractivity contribution in [2.75, 3.05) is 0 Å². The van der Waals surface area contributed by atoms with Gasteiger partial charge in [0.05, 0.1) is 0 Å². The van der Waals surface area contributed by atoms with Crippen LogP contribution in [0, 0.1) is 40.4 Å². The predicted molar refractivity (Wildman–Crippen MR) is 145 cm³/mol. The standard InChI is InChI=1S/C34H46/c1-4-25-17-19-30-29-18-16-28-24-34(27-14-10-7-11-15-27,26-12-8-5-6-9-13-26)23-22-33(28,3)31(29)20-21-32(25,30)2/h5,7-15,25,28-31H,4,6,16-24H2,1-3H3. The third-order valence-electron chi connectivity index (χ3n) is 12.3. The quantitative estimate of drug-likeness (QED) is 0.426. The molecule has 1 aromatic rings. The van der Waals surface area contributed by atoms with Crippen molar-refractivity contribution in [3.8, 4) is 0 Å². The highest BCUT2D eigenvalue weighted by Crippen LogP contribution is 2.69. The smallest absolute Gasteiger partial charge is 0.0205 e. The first-order valence-corrected chi connectivity index (χ1v) is 14.6. The predicted octanol–water partition coefficient (Wildman–Crippen LogP) is 9.44. The van der Waals surface area contributed by atoms with Gasteiger partial charge in [0.2, 0.25) is 0 Å². The van der Waals surface area contributed by atoms with E-state index < -0.39 is 0 Å². The van der Waals surface area contributed by atoms with Crippen LogP contribution in [0.15, 0.2) is 66.3 Å². The van der Waals surface area contributed by atoms with Gasteiger partial charge in [-0.15, -0.1) is 0 Å². The Labute approximate surface area is 209 Å². The largest absolute Gasteiger partial charge is 0.0807 e. The SMILES string of the molecule is CCC1CCC2C3CCC4CC(C5=CC=CCC=C5)(c5ccccc5)CCC4(C)C3CCC12C. The van der Waals surface area contributed by atoms with Crippen molar-refractivity contribution in [1.29, 1.82) is 0 Å². The van der Waals surface area contributed by atoms with Crippen LogP contribution in [0.25, 0.3) is 0 Å². The Hall–Kier alpha value is -1.56. The lowest BCUT2D eigenvalue weighted by atomic mass is 9.42. The van der Waals surface area contributed by atoms with Crippen LogP contribution in [0.3, 0.4) is 0 Å². The monoisotopic (exact) mass is 454 g/mol. The Morgan fingerprint density at radius 1 is 0.824 bits per heavy atom. The molecule has 0 spiro atoms. The summed E-state index contributed by atoms with van der Waals surface area (Å²) in [7, 11) is 0. The summed E-state index contributed by atoms with van der Waals surface area (Å²) < 4.78 is 0. The molecule has 0 aromatic heterocycles. The average molecular weight is 455 g/mol. The maximum atomic E-state index is 2.75. The van der Waals surface area contributed by atoms with Gasteiger partial charge in [-0.2, -0.15) is 0 Å². The van der Waals surface area contributed by atoms with E-state index in [-0.39, 0.29) is 5.41 Å². The molecule has 4 fully saturated rings. The molecule has 8 unspecified atom stereocenters. The molecule has 34 heavy (non-hydrogen) atoms. The van der Waals surface area contributed by atoms with Crippen LogP contribution in [0.5, 0.6) is 0 Å². The number of hydrogen-bond donors (Lipinski definition) is 0. The maximum Gasteiger partial charge on any atom is 0.0205 e. The lowest BCUT2D eigenvalue weighted by Crippen LogP contribution is -2.55. The molecule has 0 nitrogen and oxygen atoms in total. The zero-order chi connectivity index (χ0) is 23.4. The van der Waals surface area contributed by atoms with E-state index in [1.165, 1.54) is 64.2 Å². The molecule has 0 heteroatoms. The molecule has 0 saturated heterocycles. The van der Waals surface area contributed by atoms with Gasteiger partial charge in [-0.3, -0.25) is 0 Å². The van der Waals surface area contributed by atoms with Crippen molar-refractivity contribution in [2.45, 2.75) is 96.8 Å². The highest BCUT2D eigenvalue weighted by Gasteiger charge is 2.61. The second-order valence-corrected chi connectivity index (χ2v) is 13.2. The zero-order valence-electron chi connectivity index (χ0n) is 21.9. The molecule has 5 aliphatic rings. The van der Waals surface area contributed by atoms with E-state index in [4.69, 9.17) is 0 Å². The first-order valence-electron chi connectivity index (χ1n) is 14.6. The molecule has 0 radical (unpaired) electrons. The molecule has 4 saturated carbocycles. The maximum absolute atomic E-state index is 2.75. The minimum absolute atomic E-state index is 0.188. The molecule has 0 bridgehead atoms. The van der Waals surface area contributed by atoms with Crippen molar-refractivity contribution in [3.05, 3.63) is 71.8 Å². The van der Waals surface area contributed by atoms with Gasteiger partial charge in [-0.1, -0.05) is 87.9 Å². The Morgan fingerprint density at radius 2 is 1.65 bits per heavy atom. The van der Waals surface area contributed by atoms with Crippen LogP contribution in [-0.4, -0.2) is 0 Å².